The van der Waals surface area contributed by atoms with Gasteiger partial charge in [-0.05, 0) is 49.3 Å². The van der Waals surface area contributed by atoms with Gasteiger partial charge in [-0.15, -0.1) is 0 Å². The lowest BCUT2D eigenvalue weighted by Gasteiger charge is -2.10. The molecule has 4 nitrogen and oxygen atoms in total. The van der Waals surface area contributed by atoms with Crippen molar-refractivity contribution in [3.8, 4) is 5.75 Å². The third-order valence-corrected chi connectivity index (χ3v) is 3.87. The standard InChI is InChI=1S/C20H25FN2O2/c1-23(2)14-17-6-4-16(5-7-17)13-22-20(24)11-9-15-8-10-19(25-3)18(21)12-15/h4-8,10,12H,9,11,13-14H2,1-3H3,(H,22,24). The number of benzene rings is 2. The van der Waals surface area contributed by atoms with Crippen LogP contribution in [0, 0.1) is 5.82 Å². The van der Waals surface area contributed by atoms with Gasteiger partial charge in [0.25, 0.3) is 0 Å². The zero-order valence-corrected chi connectivity index (χ0v) is 15.0. The monoisotopic (exact) mass is 344 g/mol. The minimum absolute atomic E-state index is 0.0476. The van der Waals surface area contributed by atoms with Gasteiger partial charge in [0.2, 0.25) is 5.91 Å². The summed E-state index contributed by atoms with van der Waals surface area (Å²) in [4.78, 5) is 14.1. The van der Waals surface area contributed by atoms with E-state index >= 15 is 0 Å². The highest BCUT2D eigenvalue weighted by atomic mass is 19.1. The number of carbonyl (C=O) groups is 1. The molecule has 0 spiro atoms. The predicted molar refractivity (Wildman–Crippen MR) is 97.0 cm³/mol. The van der Waals surface area contributed by atoms with E-state index in [0.29, 0.717) is 19.4 Å². The van der Waals surface area contributed by atoms with Gasteiger partial charge in [0.15, 0.2) is 11.6 Å². The Labute approximate surface area is 148 Å². The van der Waals surface area contributed by atoms with Crippen molar-refractivity contribution in [2.24, 2.45) is 0 Å². The minimum atomic E-state index is -0.404. The molecule has 0 bridgehead atoms. The molecule has 1 N–H and O–H groups in total. The second-order valence-corrected chi connectivity index (χ2v) is 6.30. The number of nitrogens with one attached hydrogen (secondary N) is 1. The molecule has 0 radical (unpaired) electrons. The van der Waals surface area contributed by atoms with Crippen LogP contribution in [0.15, 0.2) is 42.5 Å². The summed E-state index contributed by atoms with van der Waals surface area (Å²) in [6.07, 6.45) is 0.818. The molecule has 1 amide bonds. The summed E-state index contributed by atoms with van der Waals surface area (Å²) in [5.74, 6) is -0.238. The summed E-state index contributed by atoms with van der Waals surface area (Å²) in [7, 11) is 5.49. The van der Waals surface area contributed by atoms with Crippen molar-refractivity contribution in [1.29, 1.82) is 0 Å². The summed E-state index contributed by atoms with van der Waals surface area (Å²) in [6.45, 7) is 1.39. The van der Waals surface area contributed by atoms with Crippen LogP contribution < -0.4 is 10.1 Å². The predicted octanol–water partition coefficient (Wildman–Crippen LogP) is 3.14. The van der Waals surface area contributed by atoms with E-state index in [0.717, 1.165) is 17.7 Å². The normalized spacial score (nSPS) is 10.8. The number of aryl methyl sites for hydroxylation is 1. The maximum atomic E-state index is 13.6. The highest BCUT2D eigenvalue weighted by molar-refractivity contribution is 5.76. The average Bonchev–Trinajstić information content (AvgIpc) is 2.59. The molecule has 2 rings (SSSR count). The molecule has 0 aliphatic heterocycles. The van der Waals surface area contributed by atoms with Gasteiger partial charge in [-0.25, -0.2) is 4.39 Å². The van der Waals surface area contributed by atoms with Crippen molar-refractivity contribution >= 4 is 5.91 Å². The Morgan fingerprint density at radius 1 is 1.08 bits per heavy atom. The van der Waals surface area contributed by atoms with E-state index in [4.69, 9.17) is 4.74 Å². The number of amides is 1. The van der Waals surface area contributed by atoms with Crippen LogP contribution in [0.2, 0.25) is 0 Å². The van der Waals surface area contributed by atoms with Crippen molar-refractivity contribution in [3.63, 3.8) is 0 Å². The van der Waals surface area contributed by atoms with Crippen molar-refractivity contribution in [1.82, 2.24) is 10.2 Å². The molecule has 0 fully saturated rings. The molecular weight excluding hydrogens is 319 g/mol. The van der Waals surface area contributed by atoms with Gasteiger partial charge in [0, 0.05) is 19.5 Å². The van der Waals surface area contributed by atoms with Gasteiger partial charge < -0.3 is 15.0 Å². The lowest BCUT2D eigenvalue weighted by atomic mass is 10.1. The van der Waals surface area contributed by atoms with E-state index in [9.17, 15) is 9.18 Å². The first-order chi connectivity index (χ1) is 12.0. The minimum Gasteiger partial charge on any atom is -0.494 e. The smallest absolute Gasteiger partial charge is 0.220 e. The number of rotatable bonds is 8. The molecule has 0 aliphatic rings. The van der Waals surface area contributed by atoms with Gasteiger partial charge in [-0.2, -0.15) is 0 Å². The summed E-state index contributed by atoms with van der Waals surface area (Å²) in [6, 6.07) is 13.0. The maximum Gasteiger partial charge on any atom is 0.220 e. The van der Waals surface area contributed by atoms with Gasteiger partial charge >= 0.3 is 0 Å². The molecular formula is C20H25FN2O2. The summed E-state index contributed by atoms with van der Waals surface area (Å²) in [5, 5.41) is 2.90. The Morgan fingerprint density at radius 2 is 1.72 bits per heavy atom. The number of methoxy groups -OCH3 is 1. The first kappa shape index (κ1) is 18.9. The zero-order chi connectivity index (χ0) is 18.2. The highest BCUT2D eigenvalue weighted by Gasteiger charge is 2.06. The quantitative estimate of drug-likeness (QED) is 0.800. The van der Waals surface area contributed by atoms with Crippen molar-refractivity contribution in [3.05, 3.63) is 65.0 Å². The van der Waals surface area contributed by atoms with E-state index in [1.807, 2.05) is 26.2 Å². The fraction of sp³-hybridized carbons (Fsp3) is 0.350. The second kappa shape index (κ2) is 9.18. The molecule has 0 atom stereocenters. The Hall–Kier alpha value is -2.40. The Kier molecular flexibility index (Phi) is 6.95. The van der Waals surface area contributed by atoms with Crippen LogP contribution in [0.1, 0.15) is 23.1 Å². The SMILES string of the molecule is COc1ccc(CCC(=O)NCc2ccc(CN(C)C)cc2)cc1F. The van der Waals surface area contributed by atoms with Crippen LogP contribution in [-0.2, 0) is 24.3 Å². The topological polar surface area (TPSA) is 41.6 Å². The molecule has 2 aromatic carbocycles. The first-order valence-corrected chi connectivity index (χ1v) is 8.29. The largest absolute Gasteiger partial charge is 0.494 e. The van der Waals surface area contributed by atoms with Crippen molar-refractivity contribution in [2.45, 2.75) is 25.9 Å². The number of halogens is 1. The fourth-order valence-electron chi connectivity index (χ4n) is 2.54. The molecule has 134 valence electrons. The van der Waals surface area contributed by atoms with Crippen LogP contribution in [0.25, 0.3) is 0 Å². The summed E-state index contributed by atoms with van der Waals surface area (Å²) >= 11 is 0. The van der Waals surface area contributed by atoms with E-state index < -0.39 is 5.82 Å². The zero-order valence-electron chi connectivity index (χ0n) is 15.0. The van der Waals surface area contributed by atoms with Gasteiger partial charge in [0.05, 0.1) is 7.11 Å². The fourth-order valence-corrected chi connectivity index (χ4v) is 2.54. The molecule has 0 aromatic heterocycles. The molecule has 0 saturated carbocycles. The molecule has 2 aromatic rings. The lowest BCUT2D eigenvalue weighted by molar-refractivity contribution is -0.121. The Morgan fingerprint density at radius 3 is 2.32 bits per heavy atom. The van der Waals surface area contributed by atoms with Crippen LogP contribution in [-0.4, -0.2) is 32.0 Å². The third kappa shape index (κ3) is 6.19. The second-order valence-electron chi connectivity index (χ2n) is 6.30. The van der Waals surface area contributed by atoms with Crippen molar-refractivity contribution in [2.75, 3.05) is 21.2 Å². The van der Waals surface area contributed by atoms with Crippen LogP contribution in [0.4, 0.5) is 4.39 Å². The molecule has 0 aliphatic carbocycles. The number of hydrogen-bond acceptors (Lipinski definition) is 3. The molecule has 0 unspecified atom stereocenters. The van der Waals surface area contributed by atoms with Crippen molar-refractivity contribution < 1.29 is 13.9 Å². The number of carbonyl (C=O) groups excluding carboxylic acids is 1. The number of ether oxygens (including phenoxy) is 1. The van der Waals surface area contributed by atoms with Gasteiger partial charge in [-0.1, -0.05) is 30.3 Å². The first-order valence-electron chi connectivity index (χ1n) is 8.29. The van der Waals surface area contributed by atoms with E-state index in [1.165, 1.54) is 18.7 Å². The summed E-state index contributed by atoms with van der Waals surface area (Å²) in [5.41, 5.74) is 3.08. The average molecular weight is 344 g/mol. The van der Waals surface area contributed by atoms with Gasteiger partial charge in [0.1, 0.15) is 0 Å². The third-order valence-electron chi connectivity index (χ3n) is 3.87. The van der Waals surface area contributed by atoms with E-state index in [1.54, 1.807) is 12.1 Å². The number of hydrogen-bond donors (Lipinski definition) is 1. The van der Waals surface area contributed by atoms with Crippen LogP contribution in [0.3, 0.4) is 0 Å². The van der Waals surface area contributed by atoms with E-state index in [-0.39, 0.29) is 11.7 Å². The number of nitrogens with zero attached hydrogens (tertiary/aromatic N) is 1. The van der Waals surface area contributed by atoms with Crippen LogP contribution in [0.5, 0.6) is 5.75 Å². The molecule has 25 heavy (non-hydrogen) atoms. The van der Waals surface area contributed by atoms with Gasteiger partial charge in [-0.3, -0.25) is 4.79 Å². The maximum absolute atomic E-state index is 13.6. The Balaban J connectivity index is 1.77. The lowest BCUT2D eigenvalue weighted by Crippen LogP contribution is -2.23. The summed E-state index contributed by atoms with van der Waals surface area (Å²) < 4.78 is 18.5. The molecule has 0 saturated heterocycles. The van der Waals surface area contributed by atoms with E-state index in [2.05, 4.69) is 22.3 Å². The highest BCUT2D eigenvalue weighted by Crippen LogP contribution is 2.18. The Bertz CT molecular complexity index is 699. The molecule has 5 heteroatoms. The molecule has 0 heterocycles. The van der Waals surface area contributed by atoms with Crippen LogP contribution >= 0.6 is 0 Å².